The van der Waals surface area contributed by atoms with Crippen LogP contribution < -0.4 is 0 Å². The Morgan fingerprint density at radius 2 is 1.95 bits per heavy atom. The Bertz CT molecular complexity index is 444. The minimum absolute atomic E-state index is 0.208. The molecule has 0 bridgehead atoms. The van der Waals surface area contributed by atoms with Crippen LogP contribution in [0.15, 0.2) is 24.3 Å². The van der Waals surface area contributed by atoms with Crippen LogP contribution in [-0.2, 0) is 20.8 Å². The van der Waals surface area contributed by atoms with Crippen LogP contribution in [0.1, 0.15) is 41.6 Å². The van der Waals surface area contributed by atoms with Gasteiger partial charge in [-0.3, -0.25) is 0 Å². The molecule has 0 spiro atoms. The standard InChI is InChI=1S/C16H22O4/c1-18-13-7-5-8-14(10-13)20-11-12-6-3-4-9-15(12)16(17)19-2/h3-4,6,9,13-14H,5,7-8,10-11H2,1-2H3. The first-order chi connectivity index (χ1) is 9.74. The van der Waals surface area contributed by atoms with E-state index in [0.717, 1.165) is 31.2 Å². The summed E-state index contributed by atoms with van der Waals surface area (Å²) in [4.78, 5) is 11.7. The number of carbonyl (C=O) groups is 1. The molecule has 2 rings (SSSR count). The van der Waals surface area contributed by atoms with E-state index < -0.39 is 0 Å². The SMILES string of the molecule is COC(=O)c1ccccc1COC1CCCC(OC)C1. The lowest BCUT2D eigenvalue weighted by molar-refractivity contribution is -0.0365. The van der Waals surface area contributed by atoms with Crippen molar-refractivity contribution in [1.82, 2.24) is 0 Å². The number of methoxy groups -OCH3 is 2. The van der Waals surface area contributed by atoms with Gasteiger partial charge in [0.05, 0.1) is 31.5 Å². The van der Waals surface area contributed by atoms with Crippen molar-refractivity contribution in [3.05, 3.63) is 35.4 Å². The molecule has 0 amide bonds. The van der Waals surface area contributed by atoms with Gasteiger partial charge in [-0.25, -0.2) is 4.79 Å². The van der Waals surface area contributed by atoms with Gasteiger partial charge in [0.2, 0.25) is 0 Å². The quantitative estimate of drug-likeness (QED) is 0.777. The molecule has 1 aliphatic rings. The van der Waals surface area contributed by atoms with E-state index >= 15 is 0 Å². The molecule has 4 nitrogen and oxygen atoms in total. The fraction of sp³-hybridized carbons (Fsp3) is 0.562. The maximum Gasteiger partial charge on any atom is 0.338 e. The predicted octanol–water partition coefficient (Wildman–Crippen LogP) is 2.95. The van der Waals surface area contributed by atoms with E-state index in [1.54, 1.807) is 13.2 Å². The number of carbonyl (C=O) groups excluding carboxylic acids is 1. The molecule has 0 heterocycles. The van der Waals surface area contributed by atoms with Gasteiger partial charge in [-0.15, -0.1) is 0 Å². The molecule has 1 aromatic carbocycles. The van der Waals surface area contributed by atoms with Crippen LogP contribution in [0, 0.1) is 0 Å². The summed E-state index contributed by atoms with van der Waals surface area (Å²) < 4.78 is 16.1. The highest BCUT2D eigenvalue weighted by atomic mass is 16.5. The Balaban J connectivity index is 1.95. The molecule has 1 aromatic rings. The Labute approximate surface area is 120 Å². The van der Waals surface area contributed by atoms with E-state index in [2.05, 4.69) is 0 Å². The average molecular weight is 278 g/mol. The maximum atomic E-state index is 11.7. The first kappa shape index (κ1) is 15.0. The summed E-state index contributed by atoms with van der Waals surface area (Å²) in [7, 11) is 3.14. The van der Waals surface area contributed by atoms with Crippen LogP contribution in [0.25, 0.3) is 0 Å². The Hall–Kier alpha value is -1.39. The normalized spacial score (nSPS) is 22.5. The van der Waals surface area contributed by atoms with E-state index in [0.29, 0.717) is 18.3 Å². The van der Waals surface area contributed by atoms with E-state index in [1.807, 2.05) is 18.2 Å². The molecule has 0 saturated heterocycles. The molecule has 1 fully saturated rings. The lowest BCUT2D eigenvalue weighted by Gasteiger charge is -2.28. The zero-order valence-corrected chi connectivity index (χ0v) is 12.1. The van der Waals surface area contributed by atoms with Crippen molar-refractivity contribution < 1.29 is 19.0 Å². The first-order valence-corrected chi connectivity index (χ1v) is 7.05. The van der Waals surface area contributed by atoms with Crippen molar-refractivity contribution in [1.29, 1.82) is 0 Å². The largest absolute Gasteiger partial charge is 0.465 e. The van der Waals surface area contributed by atoms with Gasteiger partial charge in [-0.2, -0.15) is 0 Å². The number of hydrogen-bond acceptors (Lipinski definition) is 4. The molecule has 0 N–H and O–H groups in total. The third kappa shape index (κ3) is 3.81. The zero-order valence-electron chi connectivity index (χ0n) is 12.1. The van der Waals surface area contributed by atoms with Gasteiger partial charge >= 0.3 is 5.97 Å². The van der Waals surface area contributed by atoms with Crippen LogP contribution >= 0.6 is 0 Å². The molecular weight excluding hydrogens is 256 g/mol. The lowest BCUT2D eigenvalue weighted by atomic mass is 9.95. The minimum atomic E-state index is -0.317. The van der Waals surface area contributed by atoms with Gasteiger partial charge in [-0.05, 0) is 37.3 Å². The first-order valence-electron chi connectivity index (χ1n) is 7.05. The third-order valence-corrected chi connectivity index (χ3v) is 3.81. The van der Waals surface area contributed by atoms with E-state index in [9.17, 15) is 4.79 Å². The highest BCUT2D eigenvalue weighted by Gasteiger charge is 2.22. The van der Waals surface area contributed by atoms with Crippen molar-refractivity contribution in [3.63, 3.8) is 0 Å². The summed E-state index contributed by atoms with van der Waals surface area (Å²) >= 11 is 0. The van der Waals surface area contributed by atoms with E-state index in [-0.39, 0.29) is 12.1 Å². The van der Waals surface area contributed by atoms with Gasteiger partial charge in [0, 0.05) is 7.11 Å². The van der Waals surface area contributed by atoms with Crippen molar-refractivity contribution in [2.24, 2.45) is 0 Å². The molecule has 110 valence electrons. The smallest absolute Gasteiger partial charge is 0.338 e. The van der Waals surface area contributed by atoms with Crippen LogP contribution in [-0.4, -0.2) is 32.4 Å². The number of rotatable bonds is 5. The molecule has 1 aliphatic carbocycles. The van der Waals surface area contributed by atoms with Crippen LogP contribution in [0.4, 0.5) is 0 Å². The van der Waals surface area contributed by atoms with Gasteiger partial charge in [0.1, 0.15) is 0 Å². The van der Waals surface area contributed by atoms with Crippen LogP contribution in [0.5, 0.6) is 0 Å². The molecule has 2 atom stereocenters. The number of hydrogen-bond donors (Lipinski definition) is 0. The molecule has 0 aliphatic heterocycles. The minimum Gasteiger partial charge on any atom is -0.465 e. The zero-order chi connectivity index (χ0) is 14.4. The summed E-state index contributed by atoms with van der Waals surface area (Å²) in [5.41, 5.74) is 1.45. The highest BCUT2D eigenvalue weighted by Crippen LogP contribution is 2.24. The number of ether oxygens (including phenoxy) is 3. The summed E-state index contributed by atoms with van der Waals surface area (Å²) in [6.07, 6.45) is 4.72. The van der Waals surface area contributed by atoms with E-state index in [1.165, 1.54) is 7.11 Å². The fourth-order valence-corrected chi connectivity index (χ4v) is 2.63. The topological polar surface area (TPSA) is 44.8 Å². The third-order valence-electron chi connectivity index (χ3n) is 3.81. The number of benzene rings is 1. The summed E-state index contributed by atoms with van der Waals surface area (Å²) in [6.45, 7) is 0.437. The molecule has 20 heavy (non-hydrogen) atoms. The second-order valence-electron chi connectivity index (χ2n) is 5.11. The predicted molar refractivity (Wildman–Crippen MR) is 75.6 cm³/mol. The molecule has 0 aromatic heterocycles. The van der Waals surface area contributed by atoms with Gasteiger partial charge in [0.15, 0.2) is 0 Å². The van der Waals surface area contributed by atoms with Crippen molar-refractivity contribution in [3.8, 4) is 0 Å². The monoisotopic (exact) mass is 278 g/mol. The second-order valence-corrected chi connectivity index (χ2v) is 5.11. The molecular formula is C16H22O4. The van der Waals surface area contributed by atoms with E-state index in [4.69, 9.17) is 14.2 Å². The molecule has 4 heteroatoms. The molecule has 0 radical (unpaired) electrons. The molecule has 1 saturated carbocycles. The van der Waals surface area contributed by atoms with Gasteiger partial charge in [-0.1, -0.05) is 18.2 Å². The van der Waals surface area contributed by atoms with Crippen molar-refractivity contribution >= 4 is 5.97 Å². The van der Waals surface area contributed by atoms with Gasteiger partial charge < -0.3 is 14.2 Å². The summed E-state index contributed by atoms with van der Waals surface area (Å²) in [5.74, 6) is -0.317. The summed E-state index contributed by atoms with van der Waals surface area (Å²) in [5, 5.41) is 0. The van der Waals surface area contributed by atoms with Crippen molar-refractivity contribution in [2.75, 3.05) is 14.2 Å². The Kier molecular flexibility index (Phi) is 5.56. The van der Waals surface area contributed by atoms with Crippen LogP contribution in [0.3, 0.4) is 0 Å². The van der Waals surface area contributed by atoms with Crippen LogP contribution in [0.2, 0.25) is 0 Å². The maximum absolute atomic E-state index is 11.7. The Morgan fingerprint density at radius 3 is 2.70 bits per heavy atom. The molecule has 2 unspecified atom stereocenters. The lowest BCUT2D eigenvalue weighted by Crippen LogP contribution is -2.27. The van der Waals surface area contributed by atoms with Gasteiger partial charge in [0.25, 0.3) is 0 Å². The second kappa shape index (κ2) is 7.41. The highest BCUT2D eigenvalue weighted by molar-refractivity contribution is 5.90. The fourth-order valence-electron chi connectivity index (χ4n) is 2.63. The average Bonchev–Trinajstić information content (AvgIpc) is 2.52. The number of esters is 1. The van der Waals surface area contributed by atoms with Crippen molar-refractivity contribution in [2.45, 2.75) is 44.5 Å². The summed E-state index contributed by atoms with van der Waals surface area (Å²) in [6, 6.07) is 7.41. The Morgan fingerprint density at radius 1 is 1.20 bits per heavy atom.